The van der Waals surface area contributed by atoms with Crippen LogP contribution in [0.2, 0.25) is 0 Å². The molecule has 4 heteroatoms. The fourth-order valence-corrected chi connectivity index (χ4v) is 3.59. The second-order valence-corrected chi connectivity index (χ2v) is 7.83. The van der Waals surface area contributed by atoms with E-state index in [2.05, 4.69) is 38.1 Å². The first-order valence-electron chi connectivity index (χ1n) is 9.51. The largest absolute Gasteiger partial charge is 0.489 e. The number of ether oxygens (including phenoxy) is 2. The van der Waals surface area contributed by atoms with Gasteiger partial charge in [-0.2, -0.15) is 0 Å². The van der Waals surface area contributed by atoms with Crippen molar-refractivity contribution >= 4 is 5.97 Å². The zero-order valence-corrected chi connectivity index (χ0v) is 16.3. The average molecular weight is 368 g/mol. The number of rotatable bonds is 6. The molecule has 27 heavy (non-hydrogen) atoms. The first-order chi connectivity index (χ1) is 12.8. The summed E-state index contributed by atoms with van der Waals surface area (Å²) < 4.78 is 11.3. The number of hydrogen-bond donors (Lipinski definition) is 1. The number of carbonyl (C=O) groups is 1. The summed E-state index contributed by atoms with van der Waals surface area (Å²) in [5.41, 5.74) is 3.82. The van der Waals surface area contributed by atoms with Crippen LogP contribution >= 0.6 is 0 Å². The van der Waals surface area contributed by atoms with Crippen LogP contribution in [0.1, 0.15) is 48.4 Å². The van der Waals surface area contributed by atoms with Crippen LogP contribution in [0.3, 0.4) is 0 Å². The fourth-order valence-electron chi connectivity index (χ4n) is 3.59. The first-order valence-corrected chi connectivity index (χ1v) is 9.51. The third-order valence-electron chi connectivity index (χ3n) is 5.20. The third-order valence-corrected chi connectivity index (χ3v) is 5.20. The summed E-state index contributed by atoms with van der Waals surface area (Å²) in [6.45, 7) is 6.41. The van der Waals surface area contributed by atoms with E-state index in [0.29, 0.717) is 19.4 Å². The zero-order chi connectivity index (χ0) is 19.4. The van der Waals surface area contributed by atoms with Crippen molar-refractivity contribution in [3.63, 3.8) is 0 Å². The van der Waals surface area contributed by atoms with E-state index in [1.807, 2.05) is 18.2 Å². The molecule has 1 aliphatic heterocycles. The van der Waals surface area contributed by atoms with Crippen LogP contribution in [0.5, 0.6) is 5.75 Å². The van der Waals surface area contributed by atoms with Crippen molar-refractivity contribution in [3.8, 4) is 5.75 Å². The lowest BCUT2D eigenvalue weighted by Gasteiger charge is -2.33. The summed E-state index contributed by atoms with van der Waals surface area (Å²) in [5.74, 6) is 0.541. The second-order valence-electron chi connectivity index (χ2n) is 7.83. The quantitative estimate of drug-likeness (QED) is 0.774. The number of carbonyl (C=O) groups excluding carboxylic acids is 1. The SMILES string of the molecule is Cc1cc(OCc2ccccc2C)ccc1CCC1CC(C)(O)CC(=O)O1. The van der Waals surface area contributed by atoms with Crippen LogP contribution in [-0.4, -0.2) is 22.8 Å². The van der Waals surface area contributed by atoms with Gasteiger partial charge in [0.1, 0.15) is 18.5 Å². The van der Waals surface area contributed by atoms with E-state index in [4.69, 9.17) is 9.47 Å². The van der Waals surface area contributed by atoms with E-state index in [9.17, 15) is 9.90 Å². The van der Waals surface area contributed by atoms with Gasteiger partial charge in [0.25, 0.3) is 0 Å². The fraction of sp³-hybridized carbons (Fsp3) is 0.435. The van der Waals surface area contributed by atoms with Gasteiger partial charge in [0.2, 0.25) is 0 Å². The molecule has 1 saturated heterocycles. The van der Waals surface area contributed by atoms with Crippen molar-refractivity contribution in [3.05, 3.63) is 64.7 Å². The molecule has 0 spiro atoms. The predicted octanol–water partition coefficient (Wildman–Crippen LogP) is 4.27. The number of aryl methyl sites for hydroxylation is 3. The standard InChI is InChI=1S/C23H28O4/c1-16-6-4-5-7-19(16)15-26-20-10-8-18(17(2)12-20)9-11-21-13-23(3,25)14-22(24)27-21/h4-8,10,12,21,25H,9,11,13-15H2,1-3H3. The first kappa shape index (κ1) is 19.4. The van der Waals surface area contributed by atoms with Crippen molar-refractivity contribution in [2.75, 3.05) is 0 Å². The lowest BCUT2D eigenvalue weighted by Crippen LogP contribution is -2.41. The van der Waals surface area contributed by atoms with Crippen LogP contribution in [0, 0.1) is 13.8 Å². The zero-order valence-electron chi connectivity index (χ0n) is 16.3. The van der Waals surface area contributed by atoms with Gasteiger partial charge in [-0.25, -0.2) is 0 Å². The van der Waals surface area contributed by atoms with Crippen LogP contribution in [-0.2, 0) is 22.6 Å². The minimum absolute atomic E-state index is 0.0788. The minimum atomic E-state index is -0.956. The number of hydrogen-bond acceptors (Lipinski definition) is 4. The molecule has 2 aromatic carbocycles. The van der Waals surface area contributed by atoms with Crippen LogP contribution in [0.25, 0.3) is 0 Å². The maximum atomic E-state index is 11.6. The van der Waals surface area contributed by atoms with Gasteiger partial charge in [-0.05, 0) is 68.0 Å². The van der Waals surface area contributed by atoms with Crippen molar-refractivity contribution in [2.45, 2.75) is 64.8 Å². The molecule has 1 aliphatic rings. The normalized spacial score (nSPS) is 22.4. The van der Waals surface area contributed by atoms with E-state index in [1.54, 1.807) is 6.92 Å². The molecular weight excluding hydrogens is 340 g/mol. The third kappa shape index (κ3) is 5.33. The predicted molar refractivity (Wildman–Crippen MR) is 105 cm³/mol. The average Bonchev–Trinajstić information content (AvgIpc) is 2.58. The summed E-state index contributed by atoms with van der Waals surface area (Å²) in [4.78, 5) is 11.6. The number of aliphatic hydroxyl groups is 1. The van der Waals surface area contributed by atoms with Crippen molar-refractivity contribution in [1.29, 1.82) is 0 Å². The highest BCUT2D eigenvalue weighted by Crippen LogP contribution is 2.28. The summed E-state index contributed by atoms with van der Waals surface area (Å²) >= 11 is 0. The summed E-state index contributed by atoms with van der Waals surface area (Å²) in [7, 11) is 0. The molecule has 2 unspecified atom stereocenters. The number of cyclic esters (lactones) is 1. The Kier molecular flexibility index (Phi) is 5.85. The Morgan fingerprint density at radius 3 is 2.63 bits per heavy atom. The van der Waals surface area contributed by atoms with Gasteiger partial charge in [-0.1, -0.05) is 30.3 Å². The topological polar surface area (TPSA) is 55.8 Å². The Balaban J connectivity index is 1.57. The van der Waals surface area contributed by atoms with E-state index in [-0.39, 0.29) is 18.5 Å². The van der Waals surface area contributed by atoms with E-state index < -0.39 is 5.60 Å². The summed E-state index contributed by atoms with van der Waals surface area (Å²) in [5, 5.41) is 10.2. The Hall–Kier alpha value is -2.33. The molecule has 1 fully saturated rings. The molecule has 2 aromatic rings. The van der Waals surface area contributed by atoms with Gasteiger partial charge in [-0.15, -0.1) is 0 Å². The maximum Gasteiger partial charge on any atom is 0.308 e. The number of benzene rings is 2. The lowest BCUT2D eigenvalue weighted by molar-refractivity contribution is -0.168. The summed E-state index contributed by atoms with van der Waals surface area (Å²) in [6.07, 6.45) is 1.87. The van der Waals surface area contributed by atoms with Crippen molar-refractivity contribution < 1.29 is 19.4 Å². The molecule has 2 atom stereocenters. The molecule has 0 bridgehead atoms. The monoisotopic (exact) mass is 368 g/mol. The van der Waals surface area contributed by atoms with E-state index in [1.165, 1.54) is 16.7 Å². The highest BCUT2D eigenvalue weighted by Gasteiger charge is 2.35. The summed E-state index contributed by atoms with van der Waals surface area (Å²) in [6, 6.07) is 14.3. The van der Waals surface area contributed by atoms with Crippen LogP contribution in [0.15, 0.2) is 42.5 Å². The lowest BCUT2D eigenvalue weighted by atomic mass is 9.89. The molecule has 1 heterocycles. The second kappa shape index (κ2) is 8.13. The Morgan fingerprint density at radius 2 is 1.93 bits per heavy atom. The molecule has 0 aliphatic carbocycles. The molecule has 0 saturated carbocycles. The Bertz CT molecular complexity index is 810. The van der Waals surface area contributed by atoms with E-state index >= 15 is 0 Å². The molecule has 144 valence electrons. The molecule has 0 amide bonds. The molecule has 3 rings (SSSR count). The molecule has 0 radical (unpaired) electrons. The highest BCUT2D eigenvalue weighted by molar-refractivity contribution is 5.71. The van der Waals surface area contributed by atoms with Gasteiger partial charge in [-0.3, -0.25) is 4.79 Å². The van der Waals surface area contributed by atoms with Gasteiger partial charge >= 0.3 is 5.97 Å². The van der Waals surface area contributed by atoms with Gasteiger partial charge in [0.15, 0.2) is 0 Å². The Morgan fingerprint density at radius 1 is 1.15 bits per heavy atom. The molecule has 4 nitrogen and oxygen atoms in total. The molecule has 0 aromatic heterocycles. The van der Waals surface area contributed by atoms with Crippen LogP contribution in [0.4, 0.5) is 0 Å². The van der Waals surface area contributed by atoms with Gasteiger partial charge in [0, 0.05) is 6.42 Å². The maximum absolute atomic E-state index is 11.6. The van der Waals surface area contributed by atoms with Crippen LogP contribution < -0.4 is 4.74 Å². The van der Waals surface area contributed by atoms with E-state index in [0.717, 1.165) is 17.7 Å². The van der Waals surface area contributed by atoms with Crippen molar-refractivity contribution in [1.82, 2.24) is 0 Å². The molecular formula is C23H28O4. The van der Waals surface area contributed by atoms with Crippen molar-refractivity contribution in [2.24, 2.45) is 0 Å². The minimum Gasteiger partial charge on any atom is -0.489 e. The number of esters is 1. The smallest absolute Gasteiger partial charge is 0.308 e. The molecule has 1 N–H and O–H groups in total. The Labute approximate surface area is 161 Å². The highest BCUT2D eigenvalue weighted by atomic mass is 16.5. The van der Waals surface area contributed by atoms with Gasteiger partial charge in [0.05, 0.1) is 12.0 Å². The van der Waals surface area contributed by atoms with Gasteiger partial charge < -0.3 is 14.6 Å².